The van der Waals surface area contributed by atoms with Gasteiger partial charge < -0.3 is 10.6 Å². The molecule has 0 atom stereocenters. The number of hydrogen-bond donors (Lipinski definition) is 1. The Bertz CT molecular complexity index is 882. The Morgan fingerprint density at radius 3 is 2.48 bits per heavy atom. The van der Waals surface area contributed by atoms with Crippen molar-refractivity contribution in [2.24, 2.45) is 5.73 Å². The standard InChI is InChI=1S/C21H26N4O.CH4/c1-3-24(4-2)13-8-11-18-19-15-17(21(22)26)12-14-25(19)23-20(18)16-9-6-5-7-10-16;/h5-7,9-10,12,14-15H,3-4,8,11,13H2,1-2H3,(H2,22,26);1H4. The third kappa shape index (κ3) is 4.55. The summed E-state index contributed by atoms with van der Waals surface area (Å²) in [6.07, 6.45) is 3.77. The van der Waals surface area contributed by atoms with Gasteiger partial charge in [0, 0.05) is 22.9 Å². The molecule has 2 heterocycles. The molecule has 0 fully saturated rings. The SMILES string of the molecule is C.CCN(CC)CCCc1c(-c2ccccc2)nn2ccc(C(N)=O)cc12. The van der Waals surface area contributed by atoms with Gasteiger partial charge in [0.25, 0.3) is 0 Å². The molecule has 2 N–H and O–H groups in total. The van der Waals surface area contributed by atoms with Gasteiger partial charge in [-0.25, -0.2) is 4.52 Å². The number of amides is 1. The maximum Gasteiger partial charge on any atom is 0.248 e. The summed E-state index contributed by atoms with van der Waals surface area (Å²) in [4.78, 5) is 14.0. The number of aryl methyl sites for hydroxylation is 1. The normalized spacial score (nSPS) is 10.9. The Balaban J connectivity index is 0.00000261. The summed E-state index contributed by atoms with van der Waals surface area (Å²) in [6.45, 7) is 7.54. The molecule has 3 aromatic rings. The van der Waals surface area contributed by atoms with Crippen LogP contribution in [0.1, 0.15) is 43.6 Å². The molecule has 1 amide bonds. The number of pyridine rings is 1. The van der Waals surface area contributed by atoms with Crippen molar-refractivity contribution in [1.82, 2.24) is 14.5 Å². The summed E-state index contributed by atoms with van der Waals surface area (Å²) >= 11 is 0. The van der Waals surface area contributed by atoms with Crippen molar-refractivity contribution in [3.8, 4) is 11.3 Å². The molecule has 0 unspecified atom stereocenters. The number of carbonyl (C=O) groups is 1. The molecular weight excluding hydrogens is 336 g/mol. The lowest BCUT2D eigenvalue weighted by Gasteiger charge is -2.17. The molecule has 1 aromatic carbocycles. The van der Waals surface area contributed by atoms with Crippen molar-refractivity contribution < 1.29 is 4.79 Å². The minimum Gasteiger partial charge on any atom is -0.366 e. The van der Waals surface area contributed by atoms with Gasteiger partial charge in [-0.3, -0.25) is 4.79 Å². The van der Waals surface area contributed by atoms with Gasteiger partial charge in [0.05, 0.1) is 11.2 Å². The predicted molar refractivity (Wildman–Crippen MR) is 112 cm³/mol. The van der Waals surface area contributed by atoms with E-state index in [-0.39, 0.29) is 7.43 Å². The van der Waals surface area contributed by atoms with Crippen molar-refractivity contribution in [2.45, 2.75) is 34.1 Å². The van der Waals surface area contributed by atoms with Crippen LogP contribution in [0.5, 0.6) is 0 Å². The highest BCUT2D eigenvalue weighted by molar-refractivity contribution is 5.94. The Morgan fingerprint density at radius 1 is 1.15 bits per heavy atom. The number of primary amides is 1. The number of carbonyl (C=O) groups excluding carboxylic acids is 1. The third-order valence-electron chi connectivity index (χ3n) is 4.86. The van der Waals surface area contributed by atoms with Crippen LogP contribution in [0.25, 0.3) is 16.8 Å². The van der Waals surface area contributed by atoms with Crippen LogP contribution in [0.15, 0.2) is 48.7 Å². The molecule has 0 aliphatic carbocycles. The average Bonchev–Trinajstić information content (AvgIpc) is 3.03. The van der Waals surface area contributed by atoms with Gasteiger partial charge in [0.2, 0.25) is 5.91 Å². The Labute approximate surface area is 161 Å². The lowest BCUT2D eigenvalue weighted by Crippen LogP contribution is -2.24. The van der Waals surface area contributed by atoms with Crippen LogP contribution in [0.3, 0.4) is 0 Å². The van der Waals surface area contributed by atoms with E-state index in [0.29, 0.717) is 5.56 Å². The minimum absolute atomic E-state index is 0. The second-order valence-electron chi connectivity index (χ2n) is 6.43. The number of nitrogens with two attached hydrogens (primary N) is 1. The predicted octanol–water partition coefficient (Wildman–Crippen LogP) is 4.01. The number of rotatable bonds is 8. The number of fused-ring (bicyclic) bond motifs is 1. The molecule has 0 spiro atoms. The highest BCUT2D eigenvalue weighted by Crippen LogP contribution is 2.28. The molecule has 0 aliphatic heterocycles. The summed E-state index contributed by atoms with van der Waals surface area (Å²) < 4.78 is 1.85. The lowest BCUT2D eigenvalue weighted by molar-refractivity contribution is 0.100. The fourth-order valence-electron chi connectivity index (χ4n) is 3.34. The zero-order valence-corrected chi connectivity index (χ0v) is 15.5. The van der Waals surface area contributed by atoms with E-state index in [1.807, 2.05) is 35.0 Å². The van der Waals surface area contributed by atoms with Gasteiger partial charge in [0.15, 0.2) is 0 Å². The Hall–Kier alpha value is -2.66. The lowest BCUT2D eigenvalue weighted by atomic mass is 10.0. The van der Waals surface area contributed by atoms with Crippen LogP contribution < -0.4 is 5.73 Å². The number of hydrogen-bond acceptors (Lipinski definition) is 3. The van der Waals surface area contributed by atoms with Crippen LogP contribution in [0.2, 0.25) is 0 Å². The quantitative estimate of drug-likeness (QED) is 0.655. The molecule has 0 bridgehead atoms. The van der Waals surface area contributed by atoms with E-state index in [0.717, 1.165) is 49.2 Å². The Morgan fingerprint density at radius 2 is 1.85 bits per heavy atom. The summed E-state index contributed by atoms with van der Waals surface area (Å²) in [5, 5.41) is 4.77. The van der Waals surface area contributed by atoms with Gasteiger partial charge in [-0.05, 0) is 44.6 Å². The first-order chi connectivity index (χ1) is 12.6. The van der Waals surface area contributed by atoms with Crippen molar-refractivity contribution in [2.75, 3.05) is 19.6 Å². The van der Waals surface area contributed by atoms with Gasteiger partial charge in [-0.2, -0.15) is 5.10 Å². The van der Waals surface area contributed by atoms with E-state index in [4.69, 9.17) is 10.8 Å². The maximum atomic E-state index is 11.6. The second kappa shape index (κ2) is 9.33. The molecule has 27 heavy (non-hydrogen) atoms. The van der Waals surface area contributed by atoms with Crippen LogP contribution in [-0.4, -0.2) is 40.1 Å². The molecule has 5 nitrogen and oxygen atoms in total. The van der Waals surface area contributed by atoms with E-state index in [2.05, 4.69) is 30.9 Å². The average molecular weight is 367 g/mol. The van der Waals surface area contributed by atoms with Crippen molar-refractivity contribution in [3.05, 3.63) is 59.8 Å². The smallest absolute Gasteiger partial charge is 0.248 e. The van der Waals surface area contributed by atoms with Gasteiger partial charge >= 0.3 is 0 Å². The largest absolute Gasteiger partial charge is 0.366 e. The summed E-state index contributed by atoms with van der Waals surface area (Å²) in [6, 6.07) is 13.8. The molecular formula is C22H30N4O. The zero-order valence-electron chi connectivity index (χ0n) is 15.5. The first-order valence-electron chi connectivity index (χ1n) is 9.22. The monoisotopic (exact) mass is 366 g/mol. The maximum absolute atomic E-state index is 11.6. The van der Waals surface area contributed by atoms with Gasteiger partial charge in [-0.1, -0.05) is 51.6 Å². The third-order valence-corrected chi connectivity index (χ3v) is 4.86. The van der Waals surface area contributed by atoms with E-state index in [1.54, 1.807) is 6.07 Å². The number of aromatic nitrogens is 2. The molecule has 5 heteroatoms. The van der Waals surface area contributed by atoms with E-state index in [1.165, 1.54) is 5.56 Å². The van der Waals surface area contributed by atoms with Crippen LogP contribution in [-0.2, 0) is 6.42 Å². The highest BCUT2D eigenvalue weighted by atomic mass is 16.1. The highest BCUT2D eigenvalue weighted by Gasteiger charge is 2.16. The van der Waals surface area contributed by atoms with Crippen LogP contribution in [0.4, 0.5) is 0 Å². The van der Waals surface area contributed by atoms with Crippen molar-refractivity contribution in [1.29, 1.82) is 0 Å². The second-order valence-corrected chi connectivity index (χ2v) is 6.43. The molecule has 144 valence electrons. The van der Waals surface area contributed by atoms with Crippen LogP contribution >= 0.6 is 0 Å². The van der Waals surface area contributed by atoms with E-state index in [9.17, 15) is 4.79 Å². The molecule has 0 aliphatic rings. The topological polar surface area (TPSA) is 63.6 Å². The first-order valence-corrected chi connectivity index (χ1v) is 9.22. The van der Waals surface area contributed by atoms with Gasteiger partial charge in [0.1, 0.15) is 0 Å². The van der Waals surface area contributed by atoms with Crippen LogP contribution in [0, 0.1) is 0 Å². The summed E-state index contributed by atoms with van der Waals surface area (Å²) in [5.41, 5.74) is 10.2. The Kier molecular flexibility index (Phi) is 7.13. The number of benzene rings is 1. The molecule has 3 rings (SSSR count). The number of nitrogens with zero attached hydrogens (tertiary/aromatic N) is 3. The van der Waals surface area contributed by atoms with E-state index >= 15 is 0 Å². The van der Waals surface area contributed by atoms with Crippen molar-refractivity contribution >= 4 is 11.4 Å². The fraction of sp³-hybridized carbons (Fsp3) is 0.364. The first kappa shape index (κ1) is 20.6. The zero-order chi connectivity index (χ0) is 18.5. The fourth-order valence-corrected chi connectivity index (χ4v) is 3.34. The molecule has 0 radical (unpaired) electrons. The molecule has 0 saturated carbocycles. The molecule has 2 aromatic heterocycles. The van der Waals surface area contributed by atoms with E-state index < -0.39 is 5.91 Å². The summed E-state index contributed by atoms with van der Waals surface area (Å²) in [7, 11) is 0. The van der Waals surface area contributed by atoms with Crippen molar-refractivity contribution in [3.63, 3.8) is 0 Å². The molecule has 0 saturated heterocycles. The minimum atomic E-state index is -0.413. The van der Waals surface area contributed by atoms with Gasteiger partial charge in [-0.15, -0.1) is 0 Å². The summed E-state index contributed by atoms with van der Waals surface area (Å²) in [5.74, 6) is -0.413.